The minimum Gasteiger partial charge on any atom is -0.348 e. The van der Waals surface area contributed by atoms with Crippen LogP contribution in [0.15, 0.2) is 0 Å². The van der Waals surface area contributed by atoms with E-state index in [1.165, 1.54) is 12.8 Å². The predicted octanol–water partition coefficient (Wildman–Crippen LogP) is 2.16. The van der Waals surface area contributed by atoms with E-state index in [1.807, 2.05) is 13.8 Å². The van der Waals surface area contributed by atoms with Crippen molar-refractivity contribution in [2.45, 2.75) is 52.4 Å². The molecule has 2 atom stereocenters. The normalized spacial score (nSPS) is 26.8. The number of ether oxygens (including phenoxy) is 2. The van der Waals surface area contributed by atoms with Gasteiger partial charge in [0.25, 0.3) is 0 Å². The first-order valence-electron chi connectivity index (χ1n) is 6.06. The second-order valence-electron chi connectivity index (χ2n) is 5.00. The first kappa shape index (κ1) is 12.9. The van der Waals surface area contributed by atoms with Crippen LogP contribution in [0.2, 0.25) is 0 Å². The van der Waals surface area contributed by atoms with Gasteiger partial charge in [-0.1, -0.05) is 20.3 Å². The van der Waals surface area contributed by atoms with Gasteiger partial charge in [0.05, 0.1) is 12.7 Å². The molecule has 3 heteroatoms. The largest absolute Gasteiger partial charge is 0.348 e. The molecule has 0 aromatic carbocycles. The number of nitrogens with one attached hydrogen (secondary N) is 1. The Morgan fingerprint density at radius 2 is 2.20 bits per heavy atom. The lowest BCUT2D eigenvalue weighted by Crippen LogP contribution is -2.32. The highest BCUT2D eigenvalue weighted by Gasteiger charge is 2.32. The van der Waals surface area contributed by atoms with Crippen molar-refractivity contribution in [1.82, 2.24) is 5.32 Å². The maximum absolute atomic E-state index is 5.71. The van der Waals surface area contributed by atoms with E-state index in [2.05, 4.69) is 19.2 Å². The Bertz CT molecular complexity index is 182. The van der Waals surface area contributed by atoms with Gasteiger partial charge in [-0.05, 0) is 32.7 Å². The molecule has 15 heavy (non-hydrogen) atoms. The molecular weight excluding hydrogens is 190 g/mol. The zero-order chi connectivity index (χ0) is 11.3. The van der Waals surface area contributed by atoms with Gasteiger partial charge in [0.1, 0.15) is 0 Å². The Morgan fingerprint density at radius 1 is 1.47 bits per heavy atom. The summed E-state index contributed by atoms with van der Waals surface area (Å²) in [5.41, 5.74) is 0. The smallest absolute Gasteiger partial charge is 0.163 e. The summed E-state index contributed by atoms with van der Waals surface area (Å²) < 4.78 is 11.2. The van der Waals surface area contributed by atoms with Crippen LogP contribution in [-0.4, -0.2) is 31.6 Å². The van der Waals surface area contributed by atoms with Gasteiger partial charge in [-0.3, -0.25) is 0 Å². The molecule has 2 unspecified atom stereocenters. The van der Waals surface area contributed by atoms with E-state index in [9.17, 15) is 0 Å². The summed E-state index contributed by atoms with van der Waals surface area (Å²) in [4.78, 5) is 0. The Balaban J connectivity index is 2.06. The molecule has 1 aliphatic heterocycles. The second-order valence-corrected chi connectivity index (χ2v) is 5.00. The topological polar surface area (TPSA) is 30.5 Å². The molecule has 3 nitrogen and oxygen atoms in total. The summed E-state index contributed by atoms with van der Waals surface area (Å²) in [6.07, 6.45) is 2.77. The Hall–Kier alpha value is -0.120. The molecule has 0 radical (unpaired) electrons. The van der Waals surface area contributed by atoms with Gasteiger partial charge in [0.2, 0.25) is 0 Å². The Morgan fingerprint density at radius 3 is 2.73 bits per heavy atom. The molecule has 0 aromatic heterocycles. The van der Waals surface area contributed by atoms with Crippen molar-refractivity contribution >= 4 is 0 Å². The van der Waals surface area contributed by atoms with Crippen molar-refractivity contribution in [1.29, 1.82) is 0 Å². The van der Waals surface area contributed by atoms with Crippen molar-refractivity contribution in [3.63, 3.8) is 0 Å². The summed E-state index contributed by atoms with van der Waals surface area (Å²) in [5, 5.41) is 3.44. The number of hydrogen-bond donors (Lipinski definition) is 1. The number of rotatable bonds is 6. The fourth-order valence-electron chi connectivity index (χ4n) is 1.95. The van der Waals surface area contributed by atoms with Gasteiger partial charge in [-0.15, -0.1) is 0 Å². The summed E-state index contributed by atoms with van der Waals surface area (Å²) >= 11 is 0. The van der Waals surface area contributed by atoms with E-state index in [1.54, 1.807) is 0 Å². The molecule has 0 saturated carbocycles. The average molecular weight is 215 g/mol. The fraction of sp³-hybridized carbons (Fsp3) is 1.00. The second kappa shape index (κ2) is 5.83. The van der Waals surface area contributed by atoms with E-state index in [0.29, 0.717) is 6.61 Å². The third-order valence-electron chi connectivity index (χ3n) is 2.71. The Kier molecular flexibility index (Phi) is 5.03. The summed E-state index contributed by atoms with van der Waals surface area (Å²) in [7, 11) is 0. The minimum absolute atomic E-state index is 0.217. The molecule has 0 aliphatic carbocycles. The highest BCUT2D eigenvalue weighted by Crippen LogP contribution is 2.21. The van der Waals surface area contributed by atoms with Crippen LogP contribution in [0.4, 0.5) is 0 Å². The van der Waals surface area contributed by atoms with Crippen molar-refractivity contribution in [3.05, 3.63) is 0 Å². The molecule has 0 spiro atoms. The van der Waals surface area contributed by atoms with E-state index in [0.717, 1.165) is 19.0 Å². The van der Waals surface area contributed by atoms with Crippen molar-refractivity contribution in [2.24, 2.45) is 5.92 Å². The van der Waals surface area contributed by atoms with Crippen LogP contribution in [0.3, 0.4) is 0 Å². The van der Waals surface area contributed by atoms with Crippen LogP contribution in [0.25, 0.3) is 0 Å². The van der Waals surface area contributed by atoms with Gasteiger partial charge in [-0.2, -0.15) is 0 Å². The highest BCUT2D eigenvalue weighted by atomic mass is 16.7. The summed E-state index contributed by atoms with van der Waals surface area (Å²) in [5.74, 6) is 0.367. The minimum atomic E-state index is -0.388. The first-order valence-corrected chi connectivity index (χ1v) is 6.06. The highest BCUT2D eigenvalue weighted by molar-refractivity contribution is 4.73. The lowest BCUT2D eigenvalue weighted by molar-refractivity contribution is -0.137. The maximum Gasteiger partial charge on any atom is 0.163 e. The molecule has 1 N–H and O–H groups in total. The van der Waals surface area contributed by atoms with E-state index in [4.69, 9.17) is 9.47 Å². The fourth-order valence-corrected chi connectivity index (χ4v) is 1.95. The number of hydrogen-bond acceptors (Lipinski definition) is 3. The van der Waals surface area contributed by atoms with Crippen molar-refractivity contribution < 1.29 is 9.47 Å². The third kappa shape index (κ3) is 4.96. The molecule has 1 fully saturated rings. The lowest BCUT2D eigenvalue weighted by Gasteiger charge is -2.18. The van der Waals surface area contributed by atoms with E-state index < -0.39 is 0 Å². The van der Waals surface area contributed by atoms with Gasteiger partial charge >= 0.3 is 0 Å². The Labute approximate surface area is 93.5 Å². The molecule has 0 aromatic rings. The van der Waals surface area contributed by atoms with Crippen LogP contribution in [0.1, 0.15) is 40.5 Å². The van der Waals surface area contributed by atoms with Crippen LogP contribution in [0.5, 0.6) is 0 Å². The van der Waals surface area contributed by atoms with Gasteiger partial charge in [0, 0.05) is 6.54 Å². The molecule has 0 amide bonds. The standard InChI is InChI=1S/C12H25NO2/c1-5-6-10(2)7-13-8-11-9-14-12(3,4)15-11/h10-11,13H,5-9H2,1-4H3. The SMILES string of the molecule is CCCC(C)CNCC1COC(C)(C)O1. The third-order valence-corrected chi connectivity index (χ3v) is 2.71. The zero-order valence-electron chi connectivity index (χ0n) is 10.5. The predicted molar refractivity (Wildman–Crippen MR) is 61.8 cm³/mol. The summed E-state index contributed by atoms with van der Waals surface area (Å²) in [6.45, 7) is 11.1. The van der Waals surface area contributed by atoms with E-state index >= 15 is 0 Å². The molecular formula is C12H25NO2. The molecule has 0 bridgehead atoms. The van der Waals surface area contributed by atoms with Gasteiger partial charge in [-0.25, -0.2) is 0 Å². The maximum atomic E-state index is 5.71. The quantitative estimate of drug-likeness (QED) is 0.736. The molecule has 1 aliphatic rings. The molecule has 1 rings (SSSR count). The van der Waals surface area contributed by atoms with E-state index in [-0.39, 0.29) is 11.9 Å². The van der Waals surface area contributed by atoms with Crippen molar-refractivity contribution in [2.75, 3.05) is 19.7 Å². The molecule has 90 valence electrons. The van der Waals surface area contributed by atoms with Crippen molar-refractivity contribution in [3.8, 4) is 0 Å². The molecule has 1 saturated heterocycles. The van der Waals surface area contributed by atoms with Crippen LogP contribution in [-0.2, 0) is 9.47 Å². The van der Waals surface area contributed by atoms with Crippen LogP contribution < -0.4 is 5.32 Å². The first-order chi connectivity index (χ1) is 7.03. The van der Waals surface area contributed by atoms with Crippen LogP contribution in [0, 0.1) is 5.92 Å². The van der Waals surface area contributed by atoms with Crippen LogP contribution >= 0.6 is 0 Å². The van der Waals surface area contributed by atoms with Gasteiger partial charge < -0.3 is 14.8 Å². The monoisotopic (exact) mass is 215 g/mol. The molecule has 1 heterocycles. The summed E-state index contributed by atoms with van der Waals surface area (Å²) in [6, 6.07) is 0. The lowest BCUT2D eigenvalue weighted by atomic mass is 10.1. The average Bonchev–Trinajstić information content (AvgIpc) is 2.46. The zero-order valence-corrected chi connectivity index (χ0v) is 10.5. The van der Waals surface area contributed by atoms with Gasteiger partial charge in [0.15, 0.2) is 5.79 Å².